The second kappa shape index (κ2) is 6.39. The zero-order chi connectivity index (χ0) is 14.7. The molecule has 4 nitrogen and oxygen atoms in total. The van der Waals surface area contributed by atoms with Gasteiger partial charge in [0, 0.05) is 19.0 Å². The van der Waals surface area contributed by atoms with Gasteiger partial charge in [0.25, 0.3) is 0 Å². The topological polar surface area (TPSA) is 42.7 Å². The summed E-state index contributed by atoms with van der Waals surface area (Å²) in [6.07, 6.45) is 4.83. The SMILES string of the molecule is CC(NC(C)c1nnc2n1CCCCC2)c1ccccc1. The summed E-state index contributed by atoms with van der Waals surface area (Å²) >= 11 is 0. The maximum atomic E-state index is 4.44. The predicted molar refractivity (Wildman–Crippen MR) is 84.0 cm³/mol. The minimum absolute atomic E-state index is 0.208. The molecule has 0 fully saturated rings. The second-order valence-corrected chi connectivity index (χ2v) is 5.96. The third kappa shape index (κ3) is 3.16. The zero-order valence-electron chi connectivity index (χ0n) is 12.9. The van der Waals surface area contributed by atoms with Gasteiger partial charge in [0.2, 0.25) is 0 Å². The van der Waals surface area contributed by atoms with Gasteiger partial charge in [-0.15, -0.1) is 10.2 Å². The Morgan fingerprint density at radius 2 is 1.81 bits per heavy atom. The van der Waals surface area contributed by atoms with Crippen molar-refractivity contribution in [3.63, 3.8) is 0 Å². The molecule has 1 aliphatic heterocycles. The van der Waals surface area contributed by atoms with Crippen LogP contribution >= 0.6 is 0 Å². The predicted octanol–water partition coefficient (Wildman–Crippen LogP) is 3.42. The second-order valence-electron chi connectivity index (χ2n) is 5.96. The van der Waals surface area contributed by atoms with E-state index in [9.17, 15) is 0 Å². The normalized spacial score (nSPS) is 17.8. The number of aromatic nitrogens is 3. The van der Waals surface area contributed by atoms with Crippen LogP contribution in [0.15, 0.2) is 30.3 Å². The van der Waals surface area contributed by atoms with Crippen molar-refractivity contribution in [2.45, 2.75) is 58.2 Å². The Morgan fingerprint density at radius 3 is 2.62 bits per heavy atom. The molecule has 0 saturated heterocycles. The fourth-order valence-corrected chi connectivity index (χ4v) is 3.12. The summed E-state index contributed by atoms with van der Waals surface area (Å²) in [5.41, 5.74) is 1.31. The van der Waals surface area contributed by atoms with Crippen LogP contribution in [0, 0.1) is 0 Å². The van der Waals surface area contributed by atoms with Gasteiger partial charge in [0.15, 0.2) is 0 Å². The number of hydrogen-bond acceptors (Lipinski definition) is 3. The maximum absolute atomic E-state index is 4.44. The Labute approximate surface area is 126 Å². The van der Waals surface area contributed by atoms with Crippen LogP contribution < -0.4 is 5.32 Å². The Bertz CT molecular complexity index is 576. The van der Waals surface area contributed by atoms with Gasteiger partial charge in [-0.05, 0) is 32.3 Å². The van der Waals surface area contributed by atoms with E-state index in [1.807, 2.05) is 0 Å². The molecule has 4 heteroatoms. The van der Waals surface area contributed by atoms with Crippen LogP contribution in [-0.4, -0.2) is 14.8 Å². The third-order valence-electron chi connectivity index (χ3n) is 4.32. The molecule has 1 aromatic carbocycles. The minimum Gasteiger partial charge on any atom is -0.314 e. The molecule has 2 atom stereocenters. The molecule has 0 bridgehead atoms. The van der Waals surface area contributed by atoms with E-state index in [4.69, 9.17) is 0 Å². The van der Waals surface area contributed by atoms with Gasteiger partial charge in [-0.2, -0.15) is 0 Å². The first-order valence-corrected chi connectivity index (χ1v) is 7.98. The fourth-order valence-electron chi connectivity index (χ4n) is 3.12. The van der Waals surface area contributed by atoms with E-state index < -0.39 is 0 Å². The van der Waals surface area contributed by atoms with Crippen LogP contribution in [0.5, 0.6) is 0 Å². The first kappa shape index (κ1) is 14.3. The molecular weight excluding hydrogens is 260 g/mol. The van der Waals surface area contributed by atoms with Crippen molar-refractivity contribution >= 4 is 0 Å². The highest BCUT2D eigenvalue weighted by molar-refractivity contribution is 5.18. The number of benzene rings is 1. The molecule has 2 heterocycles. The van der Waals surface area contributed by atoms with Crippen molar-refractivity contribution < 1.29 is 0 Å². The lowest BCUT2D eigenvalue weighted by Gasteiger charge is -2.20. The number of rotatable bonds is 4. The minimum atomic E-state index is 0.208. The lowest BCUT2D eigenvalue weighted by Crippen LogP contribution is -2.25. The van der Waals surface area contributed by atoms with E-state index in [1.165, 1.54) is 24.8 Å². The number of hydrogen-bond donors (Lipinski definition) is 1. The molecule has 3 rings (SSSR count). The van der Waals surface area contributed by atoms with E-state index >= 15 is 0 Å². The van der Waals surface area contributed by atoms with Gasteiger partial charge in [-0.1, -0.05) is 36.8 Å². The monoisotopic (exact) mass is 284 g/mol. The van der Waals surface area contributed by atoms with Crippen LogP contribution in [0.3, 0.4) is 0 Å². The summed E-state index contributed by atoms with van der Waals surface area (Å²) in [4.78, 5) is 0. The number of nitrogens with zero attached hydrogens (tertiary/aromatic N) is 3. The van der Waals surface area contributed by atoms with Crippen molar-refractivity contribution in [3.8, 4) is 0 Å². The highest BCUT2D eigenvalue weighted by Gasteiger charge is 2.20. The third-order valence-corrected chi connectivity index (χ3v) is 4.32. The average Bonchev–Trinajstić information content (AvgIpc) is 2.77. The smallest absolute Gasteiger partial charge is 0.149 e. The van der Waals surface area contributed by atoms with Gasteiger partial charge in [0.1, 0.15) is 11.6 Å². The number of nitrogens with one attached hydrogen (secondary N) is 1. The van der Waals surface area contributed by atoms with E-state index in [-0.39, 0.29) is 6.04 Å². The van der Waals surface area contributed by atoms with Crippen LogP contribution in [0.4, 0.5) is 0 Å². The molecular formula is C17H24N4. The molecule has 2 unspecified atom stereocenters. The molecule has 0 spiro atoms. The largest absolute Gasteiger partial charge is 0.314 e. The summed E-state index contributed by atoms with van der Waals surface area (Å²) in [5, 5.41) is 12.5. The standard InChI is InChI=1S/C17H24N4/c1-13(15-9-5-3-6-10-15)18-14(2)17-20-19-16-11-7-4-8-12-21(16)17/h3,5-6,9-10,13-14,18H,4,7-8,11-12H2,1-2H3. The molecule has 0 amide bonds. The van der Waals surface area contributed by atoms with Crippen molar-refractivity contribution in [1.29, 1.82) is 0 Å². The molecule has 112 valence electrons. The Morgan fingerprint density at radius 1 is 1.00 bits per heavy atom. The van der Waals surface area contributed by atoms with Crippen LogP contribution in [0.1, 0.15) is 62.4 Å². The maximum Gasteiger partial charge on any atom is 0.149 e. The fraction of sp³-hybridized carbons (Fsp3) is 0.529. The van der Waals surface area contributed by atoms with Crippen LogP contribution in [-0.2, 0) is 13.0 Å². The highest BCUT2D eigenvalue weighted by atomic mass is 15.3. The van der Waals surface area contributed by atoms with E-state index in [1.54, 1.807) is 0 Å². The van der Waals surface area contributed by atoms with Gasteiger partial charge in [-0.25, -0.2) is 0 Å². The summed E-state index contributed by atoms with van der Waals surface area (Å²) in [5.74, 6) is 2.23. The lowest BCUT2D eigenvalue weighted by molar-refractivity contribution is 0.453. The Hall–Kier alpha value is -1.68. The van der Waals surface area contributed by atoms with E-state index in [0.717, 1.165) is 24.6 Å². The first-order valence-electron chi connectivity index (χ1n) is 7.98. The molecule has 1 aliphatic rings. The van der Waals surface area contributed by atoms with Crippen molar-refractivity contribution in [2.75, 3.05) is 0 Å². The number of aryl methyl sites for hydroxylation is 1. The molecule has 1 aromatic heterocycles. The van der Waals surface area contributed by atoms with E-state index in [2.05, 4.69) is 64.3 Å². The molecule has 1 N–H and O–H groups in total. The van der Waals surface area contributed by atoms with Crippen LogP contribution in [0.25, 0.3) is 0 Å². The molecule has 0 saturated carbocycles. The Kier molecular flexibility index (Phi) is 4.34. The van der Waals surface area contributed by atoms with Gasteiger partial charge >= 0.3 is 0 Å². The first-order chi connectivity index (χ1) is 10.3. The van der Waals surface area contributed by atoms with Gasteiger partial charge in [-0.3, -0.25) is 0 Å². The number of fused-ring (bicyclic) bond motifs is 1. The molecule has 0 radical (unpaired) electrons. The average molecular weight is 284 g/mol. The lowest BCUT2D eigenvalue weighted by atomic mass is 10.1. The van der Waals surface area contributed by atoms with Crippen LogP contribution in [0.2, 0.25) is 0 Å². The van der Waals surface area contributed by atoms with Gasteiger partial charge < -0.3 is 9.88 Å². The molecule has 21 heavy (non-hydrogen) atoms. The summed E-state index contributed by atoms with van der Waals surface area (Å²) < 4.78 is 2.32. The molecule has 2 aromatic rings. The zero-order valence-corrected chi connectivity index (χ0v) is 12.9. The van der Waals surface area contributed by atoms with E-state index in [0.29, 0.717) is 6.04 Å². The highest BCUT2D eigenvalue weighted by Crippen LogP contribution is 2.21. The van der Waals surface area contributed by atoms with Crippen molar-refractivity contribution in [2.24, 2.45) is 0 Å². The van der Waals surface area contributed by atoms with Crippen molar-refractivity contribution in [3.05, 3.63) is 47.5 Å². The summed E-state index contributed by atoms with van der Waals surface area (Å²) in [7, 11) is 0. The summed E-state index contributed by atoms with van der Waals surface area (Å²) in [6.45, 7) is 5.44. The molecule has 0 aliphatic carbocycles. The van der Waals surface area contributed by atoms with Gasteiger partial charge in [0.05, 0.1) is 6.04 Å². The summed E-state index contributed by atoms with van der Waals surface area (Å²) in [6, 6.07) is 11.1. The quantitative estimate of drug-likeness (QED) is 0.935. The Balaban J connectivity index is 1.74. The van der Waals surface area contributed by atoms with Crippen molar-refractivity contribution in [1.82, 2.24) is 20.1 Å².